The number of hydrogen-bond donors (Lipinski definition) is 1. The Balaban J connectivity index is 2.46. The lowest BCUT2D eigenvalue weighted by atomic mass is 10.0. The third kappa shape index (κ3) is 8.23. The summed E-state index contributed by atoms with van der Waals surface area (Å²) >= 11 is 6.03. The number of carbonyl (C=O) groups excluding carboxylic acids is 2. The number of amides is 2. The van der Waals surface area contributed by atoms with Gasteiger partial charge >= 0.3 is 0 Å². The number of carbonyl (C=O) groups is 2. The highest BCUT2D eigenvalue weighted by Gasteiger charge is 2.32. The van der Waals surface area contributed by atoms with E-state index in [1.165, 1.54) is 4.90 Å². The minimum Gasteiger partial charge on any atom is -0.354 e. The fourth-order valence-corrected chi connectivity index (χ4v) is 5.00. The summed E-state index contributed by atoms with van der Waals surface area (Å²) in [6.07, 6.45) is 3.25. The third-order valence-electron chi connectivity index (χ3n) is 5.99. The maximum absolute atomic E-state index is 13.8. The Labute approximate surface area is 220 Å². The van der Waals surface area contributed by atoms with Gasteiger partial charge in [0.05, 0.1) is 11.9 Å². The predicted molar refractivity (Wildman–Crippen MR) is 147 cm³/mol. The SMILES string of the molecule is CCCCNC(=O)[C@@H](CC)N(Cc1ccc(Cl)cc1)C(=O)CN(c1ccccc1C(C)C)S(C)(=O)=O. The first kappa shape index (κ1) is 29.6. The number of nitrogens with zero attached hydrogens (tertiary/aromatic N) is 2. The molecule has 2 aromatic rings. The lowest BCUT2D eigenvalue weighted by molar-refractivity contribution is -0.140. The molecule has 0 bridgehead atoms. The van der Waals surface area contributed by atoms with Gasteiger partial charge in [-0.2, -0.15) is 0 Å². The number of sulfonamides is 1. The Hall–Kier alpha value is -2.58. The van der Waals surface area contributed by atoms with Crippen LogP contribution in [0, 0.1) is 0 Å². The van der Waals surface area contributed by atoms with Gasteiger partial charge in [0.15, 0.2) is 0 Å². The summed E-state index contributed by atoms with van der Waals surface area (Å²) < 4.78 is 26.9. The number of halogens is 1. The molecular weight excluding hydrogens is 498 g/mol. The highest BCUT2D eigenvalue weighted by molar-refractivity contribution is 7.92. The van der Waals surface area contributed by atoms with Gasteiger partial charge in [-0.3, -0.25) is 13.9 Å². The molecule has 1 atom stereocenters. The van der Waals surface area contributed by atoms with Crippen molar-refractivity contribution in [3.8, 4) is 0 Å². The molecular formula is C27H38ClN3O4S. The topological polar surface area (TPSA) is 86.8 Å². The van der Waals surface area contributed by atoms with Gasteiger partial charge in [0.25, 0.3) is 0 Å². The summed E-state index contributed by atoms with van der Waals surface area (Å²) in [5, 5.41) is 3.48. The Morgan fingerprint density at radius 1 is 1.03 bits per heavy atom. The summed E-state index contributed by atoms with van der Waals surface area (Å²) in [6, 6.07) is 13.5. The lowest BCUT2D eigenvalue weighted by Gasteiger charge is -2.33. The van der Waals surface area contributed by atoms with Crippen molar-refractivity contribution in [2.24, 2.45) is 0 Å². The van der Waals surface area contributed by atoms with Crippen molar-refractivity contribution in [2.45, 2.75) is 65.5 Å². The molecule has 198 valence electrons. The largest absolute Gasteiger partial charge is 0.354 e. The normalized spacial score (nSPS) is 12.3. The number of hydrogen-bond acceptors (Lipinski definition) is 4. The quantitative estimate of drug-likeness (QED) is 0.367. The molecule has 0 aliphatic carbocycles. The summed E-state index contributed by atoms with van der Waals surface area (Å²) in [7, 11) is -3.78. The maximum Gasteiger partial charge on any atom is 0.244 e. The van der Waals surface area contributed by atoms with Crippen molar-refractivity contribution in [3.05, 3.63) is 64.7 Å². The monoisotopic (exact) mass is 535 g/mol. The van der Waals surface area contributed by atoms with Gasteiger partial charge in [-0.15, -0.1) is 0 Å². The van der Waals surface area contributed by atoms with E-state index in [-0.39, 0.29) is 18.4 Å². The van der Waals surface area contributed by atoms with Crippen LogP contribution in [0.2, 0.25) is 5.02 Å². The van der Waals surface area contributed by atoms with Gasteiger partial charge < -0.3 is 10.2 Å². The lowest BCUT2D eigenvalue weighted by Crippen LogP contribution is -2.52. The van der Waals surface area contributed by atoms with E-state index in [9.17, 15) is 18.0 Å². The first-order valence-electron chi connectivity index (χ1n) is 12.4. The maximum atomic E-state index is 13.8. The second-order valence-electron chi connectivity index (χ2n) is 9.20. The second kappa shape index (κ2) is 13.7. The highest BCUT2D eigenvalue weighted by atomic mass is 35.5. The summed E-state index contributed by atoms with van der Waals surface area (Å²) in [6.45, 7) is 8.09. The minimum absolute atomic E-state index is 0.0541. The summed E-state index contributed by atoms with van der Waals surface area (Å²) in [5.41, 5.74) is 2.08. The molecule has 1 N–H and O–H groups in total. The third-order valence-corrected chi connectivity index (χ3v) is 7.37. The molecule has 2 amide bonds. The van der Waals surface area contributed by atoms with Crippen LogP contribution in [0.5, 0.6) is 0 Å². The van der Waals surface area contributed by atoms with E-state index in [2.05, 4.69) is 5.32 Å². The number of para-hydroxylation sites is 1. The zero-order chi connectivity index (χ0) is 26.9. The van der Waals surface area contributed by atoms with Crippen LogP contribution in [0.1, 0.15) is 64.0 Å². The number of benzene rings is 2. The van der Waals surface area contributed by atoms with E-state index >= 15 is 0 Å². The Bertz CT molecular complexity index is 1120. The smallest absolute Gasteiger partial charge is 0.244 e. The van der Waals surface area contributed by atoms with E-state index < -0.39 is 28.5 Å². The van der Waals surface area contributed by atoms with E-state index in [1.807, 2.05) is 39.8 Å². The van der Waals surface area contributed by atoms with Crippen molar-refractivity contribution in [2.75, 3.05) is 23.7 Å². The average molecular weight is 536 g/mol. The van der Waals surface area contributed by atoms with Gasteiger partial charge in [-0.1, -0.05) is 76.0 Å². The van der Waals surface area contributed by atoms with Crippen LogP contribution in [0.4, 0.5) is 5.69 Å². The van der Waals surface area contributed by atoms with Crippen LogP contribution in [0.3, 0.4) is 0 Å². The molecule has 2 aromatic carbocycles. The first-order chi connectivity index (χ1) is 17.0. The molecule has 0 aromatic heterocycles. The zero-order valence-corrected chi connectivity index (χ0v) is 23.4. The zero-order valence-electron chi connectivity index (χ0n) is 21.8. The van der Waals surface area contributed by atoms with Crippen LogP contribution < -0.4 is 9.62 Å². The molecule has 0 radical (unpaired) electrons. The van der Waals surface area contributed by atoms with Crippen LogP contribution in [-0.4, -0.2) is 50.5 Å². The number of nitrogens with one attached hydrogen (secondary N) is 1. The molecule has 0 aliphatic heterocycles. The van der Waals surface area contributed by atoms with Gasteiger partial charge in [-0.25, -0.2) is 8.42 Å². The number of rotatable bonds is 13. The van der Waals surface area contributed by atoms with Crippen molar-refractivity contribution >= 4 is 39.1 Å². The van der Waals surface area contributed by atoms with Gasteiger partial charge in [0.2, 0.25) is 21.8 Å². The Morgan fingerprint density at radius 2 is 1.67 bits per heavy atom. The van der Waals surface area contributed by atoms with Gasteiger partial charge in [0.1, 0.15) is 12.6 Å². The van der Waals surface area contributed by atoms with Crippen molar-refractivity contribution in [1.82, 2.24) is 10.2 Å². The molecule has 0 fully saturated rings. The van der Waals surface area contributed by atoms with E-state index in [1.54, 1.807) is 36.4 Å². The van der Waals surface area contributed by atoms with E-state index in [4.69, 9.17) is 11.6 Å². The van der Waals surface area contributed by atoms with Crippen molar-refractivity contribution in [3.63, 3.8) is 0 Å². The second-order valence-corrected chi connectivity index (χ2v) is 11.5. The molecule has 36 heavy (non-hydrogen) atoms. The molecule has 0 aliphatic rings. The average Bonchev–Trinajstić information content (AvgIpc) is 2.83. The molecule has 7 nitrogen and oxygen atoms in total. The van der Waals surface area contributed by atoms with E-state index in [0.29, 0.717) is 23.7 Å². The minimum atomic E-state index is -3.78. The van der Waals surface area contributed by atoms with Crippen molar-refractivity contribution in [1.29, 1.82) is 0 Å². The molecule has 0 heterocycles. The predicted octanol–water partition coefficient (Wildman–Crippen LogP) is 4.95. The highest BCUT2D eigenvalue weighted by Crippen LogP contribution is 2.29. The number of unbranched alkanes of at least 4 members (excludes halogenated alkanes) is 1. The molecule has 0 unspecified atom stereocenters. The first-order valence-corrected chi connectivity index (χ1v) is 14.6. The van der Waals surface area contributed by atoms with Crippen LogP contribution in [-0.2, 0) is 26.2 Å². The Kier molecular flexibility index (Phi) is 11.2. The Morgan fingerprint density at radius 3 is 2.22 bits per heavy atom. The fourth-order valence-electron chi connectivity index (χ4n) is 4.01. The molecule has 9 heteroatoms. The molecule has 0 saturated heterocycles. The van der Waals surface area contributed by atoms with E-state index in [0.717, 1.165) is 34.5 Å². The van der Waals surface area contributed by atoms with Gasteiger partial charge in [0, 0.05) is 18.1 Å². The molecule has 0 spiro atoms. The summed E-state index contributed by atoms with van der Waals surface area (Å²) in [4.78, 5) is 28.3. The van der Waals surface area contributed by atoms with Crippen molar-refractivity contribution < 1.29 is 18.0 Å². The van der Waals surface area contributed by atoms with Crippen LogP contribution in [0.15, 0.2) is 48.5 Å². The molecule has 2 rings (SSSR count). The van der Waals surface area contributed by atoms with Gasteiger partial charge in [-0.05, 0) is 48.1 Å². The summed E-state index contributed by atoms with van der Waals surface area (Å²) in [5.74, 6) is -0.647. The standard InChI is InChI=1S/C27H38ClN3O4S/c1-6-8-17-29-27(33)24(7-2)30(18-21-13-15-22(28)16-14-21)26(32)19-31(36(5,34)35)25-12-10-9-11-23(25)20(3)4/h9-16,20,24H,6-8,17-19H2,1-5H3,(H,29,33)/t24-/m1/s1. The number of anilines is 1. The van der Waals surface area contributed by atoms with Crippen LogP contribution in [0.25, 0.3) is 0 Å². The fraction of sp³-hybridized carbons (Fsp3) is 0.481. The van der Waals surface area contributed by atoms with Crippen LogP contribution >= 0.6 is 11.6 Å². The molecule has 0 saturated carbocycles.